The number of fused-ring (bicyclic) bond motifs is 1. The number of carbonyl (C=O) groups excluding carboxylic acids is 1. The molecule has 0 radical (unpaired) electrons. The molecule has 2 heterocycles. The largest absolute Gasteiger partial charge is 0.469 e. The minimum atomic E-state index is -0.360. The van der Waals surface area contributed by atoms with Gasteiger partial charge in [-0.3, -0.25) is 9.36 Å². The number of hydrogen-bond acceptors (Lipinski definition) is 3. The minimum absolute atomic E-state index is 0.0851. The summed E-state index contributed by atoms with van der Waals surface area (Å²) in [5.74, 6) is 0.318. The zero-order chi connectivity index (χ0) is 20.2. The number of amides is 1. The van der Waals surface area contributed by atoms with Gasteiger partial charge in [0, 0.05) is 19.5 Å². The van der Waals surface area contributed by atoms with Gasteiger partial charge in [-0.2, -0.15) is 0 Å². The monoisotopic (exact) mass is 389 g/mol. The smallest absolute Gasteiger partial charge is 0.326 e. The van der Waals surface area contributed by atoms with E-state index in [1.165, 1.54) is 0 Å². The summed E-state index contributed by atoms with van der Waals surface area (Å²) in [5.41, 5.74) is 3.53. The van der Waals surface area contributed by atoms with Crippen molar-refractivity contribution in [3.63, 3.8) is 0 Å². The molecule has 0 saturated carbocycles. The Hall–Kier alpha value is -3.54. The minimum Gasteiger partial charge on any atom is -0.469 e. The number of carbonyl (C=O) groups is 1. The third-order valence-electron chi connectivity index (χ3n) is 5.10. The molecule has 148 valence electrons. The summed E-state index contributed by atoms with van der Waals surface area (Å²) in [6.45, 7) is 2.78. The number of furan rings is 1. The molecule has 6 heteroatoms. The van der Waals surface area contributed by atoms with Gasteiger partial charge >= 0.3 is 5.69 Å². The number of aromatic nitrogens is 2. The fourth-order valence-corrected chi connectivity index (χ4v) is 3.53. The maximum atomic E-state index is 13.0. The fraction of sp³-hybridized carbons (Fsp3) is 0.217. The van der Waals surface area contributed by atoms with Crippen LogP contribution in [-0.4, -0.2) is 22.0 Å². The van der Waals surface area contributed by atoms with E-state index < -0.39 is 0 Å². The Bertz CT molecular complexity index is 1150. The first-order chi connectivity index (χ1) is 14.1. The van der Waals surface area contributed by atoms with E-state index in [1.54, 1.807) is 10.8 Å². The maximum Gasteiger partial charge on any atom is 0.326 e. The van der Waals surface area contributed by atoms with Crippen LogP contribution >= 0.6 is 0 Å². The van der Waals surface area contributed by atoms with Gasteiger partial charge < -0.3 is 14.7 Å². The average molecular weight is 389 g/mol. The fourth-order valence-electron chi connectivity index (χ4n) is 3.53. The Labute approximate surface area is 168 Å². The summed E-state index contributed by atoms with van der Waals surface area (Å²) >= 11 is 0. The van der Waals surface area contributed by atoms with Crippen LogP contribution in [0.1, 0.15) is 22.8 Å². The highest BCUT2D eigenvalue weighted by Gasteiger charge is 2.22. The highest BCUT2D eigenvalue weighted by Crippen LogP contribution is 2.22. The molecule has 0 spiro atoms. The quantitative estimate of drug-likeness (QED) is 0.509. The Kier molecular flexibility index (Phi) is 5.33. The van der Waals surface area contributed by atoms with Crippen LogP contribution in [0.2, 0.25) is 0 Å². The van der Waals surface area contributed by atoms with Crippen molar-refractivity contribution in [2.75, 3.05) is 6.54 Å². The lowest BCUT2D eigenvalue weighted by Gasteiger charge is -2.17. The van der Waals surface area contributed by atoms with Gasteiger partial charge in [0.2, 0.25) is 5.91 Å². The number of aromatic amines is 1. The van der Waals surface area contributed by atoms with Crippen LogP contribution < -0.4 is 11.0 Å². The van der Waals surface area contributed by atoms with Gasteiger partial charge in [-0.25, -0.2) is 4.79 Å². The number of hydrogen-bond donors (Lipinski definition) is 2. The summed E-state index contributed by atoms with van der Waals surface area (Å²) in [5, 5.41) is 2.98. The predicted molar refractivity (Wildman–Crippen MR) is 112 cm³/mol. The van der Waals surface area contributed by atoms with Gasteiger partial charge in [-0.1, -0.05) is 42.0 Å². The SMILES string of the molecule is Cc1ccc(C(Cc2ccco2)C(=O)NCCn2c(=O)[nH]c3ccccc32)cc1. The molecule has 2 aromatic carbocycles. The standard InChI is InChI=1S/C23H23N3O3/c1-16-8-10-17(11-9-16)19(15-18-5-4-14-29-18)22(27)24-12-13-26-21-7-3-2-6-20(21)25-23(26)28/h2-11,14,19H,12-13,15H2,1H3,(H,24,27)(H,25,28). The van der Waals surface area contributed by atoms with Crippen molar-refractivity contribution in [3.8, 4) is 0 Å². The maximum absolute atomic E-state index is 13.0. The van der Waals surface area contributed by atoms with Gasteiger partial charge in [-0.05, 0) is 36.8 Å². The molecule has 0 aliphatic carbocycles. The summed E-state index contributed by atoms with van der Waals surface area (Å²) in [4.78, 5) is 28.0. The van der Waals surface area contributed by atoms with Gasteiger partial charge in [0.15, 0.2) is 0 Å². The first-order valence-corrected chi connectivity index (χ1v) is 9.66. The van der Waals surface area contributed by atoms with E-state index in [1.807, 2.05) is 67.6 Å². The second-order valence-electron chi connectivity index (χ2n) is 7.14. The van der Waals surface area contributed by atoms with Crippen LogP contribution in [0.25, 0.3) is 11.0 Å². The third-order valence-corrected chi connectivity index (χ3v) is 5.10. The van der Waals surface area contributed by atoms with E-state index in [2.05, 4.69) is 10.3 Å². The highest BCUT2D eigenvalue weighted by atomic mass is 16.3. The van der Waals surface area contributed by atoms with Crippen molar-refractivity contribution >= 4 is 16.9 Å². The van der Waals surface area contributed by atoms with Crippen molar-refractivity contribution in [2.45, 2.75) is 25.8 Å². The van der Waals surface area contributed by atoms with Crippen LogP contribution in [0.3, 0.4) is 0 Å². The second-order valence-corrected chi connectivity index (χ2v) is 7.14. The van der Waals surface area contributed by atoms with E-state index in [9.17, 15) is 9.59 Å². The summed E-state index contributed by atoms with van der Waals surface area (Å²) in [6.07, 6.45) is 2.10. The molecular formula is C23H23N3O3. The highest BCUT2D eigenvalue weighted by molar-refractivity contribution is 5.84. The molecule has 4 aromatic rings. The van der Waals surface area contributed by atoms with Gasteiger partial charge in [0.05, 0.1) is 23.2 Å². The average Bonchev–Trinajstić information content (AvgIpc) is 3.34. The van der Waals surface area contributed by atoms with Gasteiger partial charge in [0.1, 0.15) is 5.76 Å². The topological polar surface area (TPSA) is 80.0 Å². The number of para-hydroxylation sites is 2. The summed E-state index contributed by atoms with van der Waals surface area (Å²) in [7, 11) is 0. The number of rotatable bonds is 7. The molecule has 0 bridgehead atoms. The molecule has 1 atom stereocenters. The van der Waals surface area contributed by atoms with E-state index in [0.29, 0.717) is 19.5 Å². The summed E-state index contributed by atoms with van der Waals surface area (Å²) < 4.78 is 7.10. The van der Waals surface area contributed by atoms with Crippen LogP contribution in [0.15, 0.2) is 76.1 Å². The molecule has 6 nitrogen and oxygen atoms in total. The van der Waals surface area contributed by atoms with Crippen molar-refractivity contribution in [3.05, 3.63) is 94.3 Å². The molecule has 2 aromatic heterocycles. The lowest BCUT2D eigenvalue weighted by atomic mass is 9.93. The molecule has 29 heavy (non-hydrogen) atoms. The molecule has 2 N–H and O–H groups in total. The number of aryl methyl sites for hydroxylation is 1. The zero-order valence-electron chi connectivity index (χ0n) is 16.2. The van der Waals surface area contributed by atoms with E-state index in [4.69, 9.17) is 4.42 Å². The van der Waals surface area contributed by atoms with Gasteiger partial charge in [0.25, 0.3) is 0 Å². The molecule has 0 aliphatic rings. The Balaban J connectivity index is 1.48. The van der Waals surface area contributed by atoms with Crippen molar-refractivity contribution in [1.82, 2.24) is 14.9 Å². The molecule has 1 unspecified atom stereocenters. The third kappa shape index (κ3) is 4.16. The summed E-state index contributed by atoms with van der Waals surface area (Å²) in [6, 6.07) is 19.2. The molecule has 4 rings (SSSR count). The number of H-pyrrole nitrogens is 1. The first kappa shape index (κ1) is 18.8. The predicted octanol–water partition coefficient (Wildman–Crippen LogP) is 3.37. The zero-order valence-corrected chi connectivity index (χ0v) is 16.2. The number of nitrogens with zero attached hydrogens (tertiary/aromatic N) is 1. The van der Waals surface area contributed by atoms with E-state index >= 15 is 0 Å². The Morgan fingerprint density at radius 2 is 1.90 bits per heavy atom. The van der Waals surface area contributed by atoms with Crippen LogP contribution in [0.4, 0.5) is 0 Å². The molecular weight excluding hydrogens is 366 g/mol. The Morgan fingerprint density at radius 3 is 2.66 bits per heavy atom. The second kappa shape index (κ2) is 8.22. The molecule has 0 aliphatic heterocycles. The molecule has 0 saturated heterocycles. The van der Waals surface area contributed by atoms with Crippen molar-refractivity contribution in [1.29, 1.82) is 0 Å². The van der Waals surface area contributed by atoms with E-state index in [0.717, 1.165) is 27.9 Å². The van der Waals surface area contributed by atoms with Crippen LogP contribution in [0.5, 0.6) is 0 Å². The Morgan fingerprint density at radius 1 is 1.10 bits per heavy atom. The van der Waals surface area contributed by atoms with Crippen LogP contribution in [0, 0.1) is 6.92 Å². The van der Waals surface area contributed by atoms with E-state index in [-0.39, 0.29) is 17.5 Å². The van der Waals surface area contributed by atoms with Crippen molar-refractivity contribution < 1.29 is 9.21 Å². The lowest BCUT2D eigenvalue weighted by Crippen LogP contribution is -2.34. The van der Waals surface area contributed by atoms with Crippen LogP contribution in [-0.2, 0) is 17.8 Å². The molecule has 0 fully saturated rings. The molecule has 1 amide bonds. The van der Waals surface area contributed by atoms with Gasteiger partial charge in [-0.15, -0.1) is 0 Å². The number of benzene rings is 2. The lowest BCUT2D eigenvalue weighted by molar-refractivity contribution is -0.122. The number of imidazole rings is 1. The normalized spacial score (nSPS) is 12.2. The number of nitrogens with one attached hydrogen (secondary N) is 2. The first-order valence-electron chi connectivity index (χ1n) is 9.66. The van der Waals surface area contributed by atoms with Crippen molar-refractivity contribution in [2.24, 2.45) is 0 Å².